The second-order valence-corrected chi connectivity index (χ2v) is 3.33. The molecule has 0 saturated carbocycles. The quantitative estimate of drug-likeness (QED) is 0.184. The van der Waals surface area contributed by atoms with Gasteiger partial charge in [0.25, 0.3) is 0 Å². The van der Waals surface area contributed by atoms with E-state index in [2.05, 4.69) is 6.92 Å². The van der Waals surface area contributed by atoms with E-state index in [0.29, 0.717) is 12.4 Å². The zero-order valence-corrected chi connectivity index (χ0v) is 9.83. The lowest BCUT2D eigenvalue weighted by Crippen LogP contribution is -2.00. The van der Waals surface area contributed by atoms with E-state index in [0.717, 1.165) is 19.1 Å². The zero-order chi connectivity index (χ0) is 11.4. The highest BCUT2D eigenvalue weighted by Gasteiger charge is 1.95. The SMILES string of the molecule is CCCCCC/C=C(\C=O)OCOCC. The van der Waals surface area contributed by atoms with E-state index in [1.807, 2.05) is 13.0 Å². The molecule has 0 N–H and O–H groups in total. The first-order valence-electron chi connectivity index (χ1n) is 5.71. The summed E-state index contributed by atoms with van der Waals surface area (Å²) in [7, 11) is 0. The Labute approximate surface area is 92.5 Å². The molecule has 0 bridgehead atoms. The van der Waals surface area contributed by atoms with Crippen molar-refractivity contribution in [3.8, 4) is 0 Å². The molecule has 88 valence electrons. The topological polar surface area (TPSA) is 35.5 Å². The van der Waals surface area contributed by atoms with E-state index in [1.54, 1.807) is 0 Å². The Morgan fingerprint density at radius 2 is 2.00 bits per heavy atom. The van der Waals surface area contributed by atoms with E-state index < -0.39 is 0 Å². The maximum Gasteiger partial charge on any atom is 0.189 e. The highest BCUT2D eigenvalue weighted by Crippen LogP contribution is 2.05. The van der Waals surface area contributed by atoms with Crippen LogP contribution in [0.15, 0.2) is 11.8 Å². The summed E-state index contributed by atoms with van der Waals surface area (Å²) in [6, 6.07) is 0. The van der Waals surface area contributed by atoms with Crippen LogP contribution >= 0.6 is 0 Å². The van der Waals surface area contributed by atoms with Crippen LogP contribution in [0.25, 0.3) is 0 Å². The summed E-state index contributed by atoms with van der Waals surface area (Å²) in [6.45, 7) is 4.83. The number of hydrogen-bond acceptors (Lipinski definition) is 3. The fourth-order valence-electron chi connectivity index (χ4n) is 1.15. The van der Waals surface area contributed by atoms with Gasteiger partial charge in [0, 0.05) is 6.61 Å². The maximum absolute atomic E-state index is 10.6. The van der Waals surface area contributed by atoms with Crippen LogP contribution < -0.4 is 0 Å². The van der Waals surface area contributed by atoms with E-state index in [4.69, 9.17) is 9.47 Å². The number of carbonyl (C=O) groups excluding carboxylic acids is 1. The van der Waals surface area contributed by atoms with Crippen LogP contribution in [0, 0.1) is 0 Å². The molecule has 0 heterocycles. The summed E-state index contributed by atoms with van der Waals surface area (Å²) >= 11 is 0. The van der Waals surface area contributed by atoms with Crippen molar-refractivity contribution in [1.29, 1.82) is 0 Å². The molecule has 0 aliphatic heterocycles. The molecule has 0 unspecified atom stereocenters. The minimum absolute atomic E-state index is 0.163. The summed E-state index contributed by atoms with van der Waals surface area (Å²) < 4.78 is 10.1. The fourth-order valence-corrected chi connectivity index (χ4v) is 1.15. The van der Waals surface area contributed by atoms with Crippen molar-refractivity contribution in [1.82, 2.24) is 0 Å². The number of carbonyl (C=O) groups is 1. The van der Waals surface area contributed by atoms with Gasteiger partial charge in [0.2, 0.25) is 0 Å². The molecule has 0 fully saturated rings. The molecule has 0 radical (unpaired) electrons. The third-order valence-corrected chi connectivity index (χ3v) is 2.03. The number of allylic oxidation sites excluding steroid dienone is 2. The first kappa shape index (κ1) is 14.2. The highest BCUT2D eigenvalue weighted by atomic mass is 16.7. The predicted octanol–water partition coefficient (Wildman–Crippen LogP) is 3.05. The standard InChI is InChI=1S/C12H22O3/c1-3-5-6-7-8-9-12(10-13)15-11-14-4-2/h9-10H,3-8,11H2,1-2H3/b12-9+. The number of hydrogen-bond donors (Lipinski definition) is 0. The van der Waals surface area contributed by atoms with Crippen LogP contribution in [-0.4, -0.2) is 19.7 Å². The largest absolute Gasteiger partial charge is 0.464 e. The van der Waals surface area contributed by atoms with Crippen molar-refractivity contribution in [2.75, 3.05) is 13.4 Å². The van der Waals surface area contributed by atoms with Crippen molar-refractivity contribution in [2.24, 2.45) is 0 Å². The van der Waals surface area contributed by atoms with Gasteiger partial charge < -0.3 is 9.47 Å². The van der Waals surface area contributed by atoms with Gasteiger partial charge >= 0.3 is 0 Å². The van der Waals surface area contributed by atoms with Gasteiger partial charge in [-0.3, -0.25) is 4.79 Å². The Kier molecular flexibility index (Phi) is 10.6. The van der Waals surface area contributed by atoms with Gasteiger partial charge in [0.15, 0.2) is 18.8 Å². The van der Waals surface area contributed by atoms with Crippen molar-refractivity contribution in [3.63, 3.8) is 0 Å². The molecule has 0 aromatic carbocycles. The summed E-state index contributed by atoms with van der Waals surface area (Å²) in [5, 5.41) is 0. The summed E-state index contributed by atoms with van der Waals surface area (Å²) in [4.78, 5) is 10.6. The maximum atomic E-state index is 10.6. The summed E-state index contributed by atoms with van der Waals surface area (Å²) in [5.41, 5.74) is 0. The molecule has 0 aliphatic carbocycles. The smallest absolute Gasteiger partial charge is 0.189 e. The summed E-state index contributed by atoms with van der Waals surface area (Å²) in [5.74, 6) is 0.389. The molecule has 3 nitrogen and oxygen atoms in total. The van der Waals surface area contributed by atoms with Gasteiger partial charge in [-0.15, -0.1) is 0 Å². The van der Waals surface area contributed by atoms with Crippen LogP contribution in [0.5, 0.6) is 0 Å². The second kappa shape index (κ2) is 11.2. The Morgan fingerprint density at radius 1 is 1.20 bits per heavy atom. The molecule has 0 aliphatic rings. The molecule has 0 amide bonds. The van der Waals surface area contributed by atoms with Crippen molar-refractivity contribution in [2.45, 2.75) is 46.0 Å². The van der Waals surface area contributed by atoms with Crippen molar-refractivity contribution >= 4 is 6.29 Å². The lowest BCUT2D eigenvalue weighted by molar-refractivity contribution is -0.110. The predicted molar refractivity (Wildman–Crippen MR) is 60.5 cm³/mol. The Morgan fingerprint density at radius 3 is 2.60 bits per heavy atom. The van der Waals surface area contributed by atoms with Crippen molar-refractivity contribution in [3.05, 3.63) is 11.8 Å². The summed E-state index contributed by atoms with van der Waals surface area (Å²) in [6.07, 6.45) is 8.28. The third kappa shape index (κ3) is 9.47. The van der Waals surface area contributed by atoms with Crippen LogP contribution in [0.1, 0.15) is 46.0 Å². The zero-order valence-electron chi connectivity index (χ0n) is 9.83. The molecule has 15 heavy (non-hydrogen) atoms. The molecule has 0 rings (SSSR count). The van der Waals surface area contributed by atoms with Crippen molar-refractivity contribution < 1.29 is 14.3 Å². The van der Waals surface area contributed by atoms with Crippen LogP contribution in [0.2, 0.25) is 0 Å². The molecule has 0 aromatic rings. The molecule has 3 heteroatoms. The minimum Gasteiger partial charge on any atom is -0.464 e. The third-order valence-electron chi connectivity index (χ3n) is 2.03. The fraction of sp³-hybridized carbons (Fsp3) is 0.750. The van der Waals surface area contributed by atoms with E-state index in [1.165, 1.54) is 19.3 Å². The molecular formula is C12H22O3. The average molecular weight is 214 g/mol. The van der Waals surface area contributed by atoms with E-state index >= 15 is 0 Å². The molecule has 0 aromatic heterocycles. The van der Waals surface area contributed by atoms with Crippen LogP contribution in [-0.2, 0) is 14.3 Å². The van der Waals surface area contributed by atoms with Crippen LogP contribution in [0.3, 0.4) is 0 Å². The van der Waals surface area contributed by atoms with Gasteiger partial charge in [-0.25, -0.2) is 0 Å². The van der Waals surface area contributed by atoms with Crippen LogP contribution in [0.4, 0.5) is 0 Å². The monoisotopic (exact) mass is 214 g/mol. The first-order valence-corrected chi connectivity index (χ1v) is 5.71. The van der Waals surface area contributed by atoms with E-state index in [-0.39, 0.29) is 6.79 Å². The number of aldehydes is 1. The molecule has 0 spiro atoms. The Balaban J connectivity index is 3.55. The highest BCUT2D eigenvalue weighted by molar-refractivity contribution is 5.69. The molecule has 0 atom stereocenters. The van der Waals surface area contributed by atoms with Gasteiger partial charge in [0.05, 0.1) is 0 Å². The number of ether oxygens (including phenoxy) is 2. The van der Waals surface area contributed by atoms with Gasteiger partial charge in [-0.1, -0.05) is 26.2 Å². The van der Waals surface area contributed by atoms with E-state index in [9.17, 15) is 4.79 Å². The van der Waals surface area contributed by atoms with Gasteiger partial charge in [-0.2, -0.15) is 0 Å². The Bertz CT molecular complexity index is 176. The minimum atomic E-state index is 0.163. The molecular weight excluding hydrogens is 192 g/mol. The van der Waals surface area contributed by atoms with Gasteiger partial charge in [-0.05, 0) is 25.8 Å². The van der Waals surface area contributed by atoms with Gasteiger partial charge in [0.1, 0.15) is 0 Å². The lowest BCUT2D eigenvalue weighted by atomic mass is 10.1. The number of rotatable bonds is 10. The second-order valence-electron chi connectivity index (χ2n) is 3.33. The normalized spacial score (nSPS) is 11.5. The lowest BCUT2D eigenvalue weighted by Gasteiger charge is -2.04. The Hall–Kier alpha value is -0.830. The average Bonchev–Trinajstić information content (AvgIpc) is 2.26. The first-order chi connectivity index (χ1) is 7.35. The molecule has 0 saturated heterocycles. The number of unbranched alkanes of at least 4 members (excludes halogenated alkanes) is 4.